The number of carbonyl (C=O) groups is 7. The summed E-state index contributed by atoms with van der Waals surface area (Å²) in [6.45, 7) is 6.81. The molecule has 0 aliphatic rings. The zero-order chi connectivity index (χ0) is 25.0. The molecular weight excluding hydrogens is 535 g/mol. The van der Waals surface area contributed by atoms with Crippen molar-refractivity contribution in [3.8, 4) is 0 Å². The van der Waals surface area contributed by atoms with E-state index in [1.807, 2.05) is 0 Å². The summed E-state index contributed by atoms with van der Waals surface area (Å²) in [6.07, 6.45) is 0. The van der Waals surface area contributed by atoms with E-state index in [1.165, 1.54) is 0 Å². The molecule has 32 heavy (non-hydrogen) atoms. The first-order chi connectivity index (χ1) is 12.1. The van der Waals surface area contributed by atoms with E-state index in [0.29, 0.717) is 0 Å². The van der Waals surface area contributed by atoms with Crippen molar-refractivity contribution in [2.24, 2.45) is 0 Å². The fraction of sp³-hybridized carbons (Fsp3) is 0.500. The van der Waals surface area contributed by atoms with Crippen LogP contribution in [0.5, 0.6) is 0 Å². The minimum atomic E-state index is -1.08. The summed E-state index contributed by atoms with van der Waals surface area (Å²) in [4.78, 5) is 62.2. The predicted octanol–water partition coefficient (Wildman–Crippen LogP) is -12.8. The molecule has 0 N–H and O–H groups in total. The Labute approximate surface area is 297 Å². The largest absolute Gasteiger partial charge is 2.00 e. The smallest absolute Gasteiger partial charge is 0.550 e. The molecule has 168 valence electrons. The Morgan fingerprint density at radius 1 is 0.312 bits per heavy atom. The van der Waals surface area contributed by atoms with Crippen molar-refractivity contribution in [1.29, 1.82) is 0 Å². The normalized spacial score (nSPS) is 5.47. The topological polar surface area (TPSA) is 281 Å². The minimum Gasteiger partial charge on any atom is -0.550 e. The van der Waals surface area contributed by atoms with Gasteiger partial charge in [0.2, 0.25) is 0 Å². The zero-order valence-electron chi connectivity index (χ0n) is 19.3. The zero-order valence-corrected chi connectivity index (χ0v) is 28.0. The molecule has 0 amide bonds. The second-order valence-electron chi connectivity index (χ2n) is 3.44. The Morgan fingerprint density at radius 2 is 0.312 bits per heavy atom. The quantitative estimate of drug-likeness (QED) is 0.250. The van der Waals surface area contributed by atoms with E-state index in [9.17, 15) is 0 Å². The molecule has 18 heteroatoms. The van der Waals surface area contributed by atoms with Gasteiger partial charge in [-0.3, -0.25) is 0 Å². The average molecular weight is 557 g/mol. The van der Waals surface area contributed by atoms with Crippen LogP contribution in [-0.4, -0.2) is 155 Å². The number of aliphatic carboxylic acids is 7. The van der Waals surface area contributed by atoms with E-state index in [0.717, 1.165) is 48.5 Å². The molecule has 0 saturated carbocycles. The van der Waals surface area contributed by atoms with Crippen molar-refractivity contribution in [2.75, 3.05) is 0 Å². The number of rotatable bonds is 0. The van der Waals surface area contributed by atoms with Crippen molar-refractivity contribution in [2.45, 2.75) is 48.5 Å². The Kier molecular flexibility index (Phi) is 139. The molecule has 0 unspecified atom stereocenters. The first-order valence-electron chi connectivity index (χ1n) is 6.36. The SMILES string of the molecule is CC(=O)[O-].CC(=O)[O-].CC(=O)[O-].CC(=O)[O-].CC(=O)[O-].CC(=O)[O-].CC(=O)[O-].[Ca+2].[Ca+2].[Ca+2].[Na+]. The fourth-order valence-electron chi connectivity index (χ4n) is 0. The maximum Gasteiger partial charge on any atom is 2.00 e. The molecule has 0 saturated heterocycles. The van der Waals surface area contributed by atoms with Crippen LogP contribution in [0.3, 0.4) is 0 Å². The van der Waals surface area contributed by atoms with E-state index in [4.69, 9.17) is 69.3 Å². The van der Waals surface area contributed by atoms with Gasteiger partial charge in [0.15, 0.2) is 0 Å². The number of hydrogen-bond acceptors (Lipinski definition) is 14. The van der Waals surface area contributed by atoms with Gasteiger partial charge in [0, 0.05) is 41.8 Å². The van der Waals surface area contributed by atoms with Gasteiger partial charge in [-0.25, -0.2) is 0 Å². The average Bonchev–Trinajstić information content (AvgIpc) is 2.20. The Morgan fingerprint density at radius 3 is 0.312 bits per heavy atom. The second-order valence-corrected chi connectivity index (χ2v) is 3.44. The van der Waals surface area contributed by atoms with Crippen LogP contribution < -0.4 is 65.3 Å². The summed E-state index contributed by atoms with van der Waals surface area (Å²) in [5.41, 5.74) is 0. The van der Waals surface area contributed by atoms with E-state index in [-0.39, 0.29) is 143 Å². The molecule has 0 radical (unpaired) electrons. The van der Waals surface area contributed by atoms with Crippen molar-refractivity contribution in [3.05, 3.63) is 0 Å². The van der Waals surface area contributed by atoms with Crippen LogP contribution >= 0.6 is 0 Å². The van der Waals surface area contributed by atoms with E-state index >= 15 is 0 Å². The third-order valence-corrected chi connectivity index (χ3v) is 0. The standard InChI is InChI=1S/7C2H4O2.3Ca.Na/c7*1-2(3)4;;;;/h7*1H3,(H,3,4);;;;/q;;;;;;;3*+2;+1/p-7. The van der Waals surface area contributed by atoms with Gasteiger partial charge < -0.3 is 69.3 Å². The maximum absolute atomic E-state index is 8.89. The molecule has 0 aromatic carbocycles. The summed E-state index contributed by atoms with van der Waals surface area (Å²) in [6, 6.07) is 0. The molecular formula is C14H21Ca3NaO14. The molecule has 0 atom stereocenters. The van der Waals surface area contributed by atoms with Crippen molar-refractivity contribution >= 4 is 155 Å². The van der Waals surface area contributed by atoms with Crippen LogP contribution in [0.1, 0.15) is 48.5 Å². The first kappa shape index (κ1) is 69.8. The van der Waals surface area contributed by atoms with Gasteiger partial charge >= 0.3 is 143 Å². The monoisotopic (exact) mass is 556 g/mol. The van der Waals surface area contributed by atoms with Gasteiger partial charge in [0.1, 0.15) is 0 Å². The van der Waals surface area contributed by atoms with Gasteiger partial charge in [-0.2, -0.15) is 0 Å². The van der Waals surface area contributed by atoms with E-state index in [1.54, 1.807) is 0 Å². The molecule has 0 aliphatic carbocycles. The van der Waals surface area contributed by atoms with Crippen molar-refractivity contribution < 1.29 is 98.9 Å². The molecule has 0 aromatic heterocycles. The molecule has 0 heterocycles. The third kappa shape index (κ3) is 24600. The Balaban J connectivity index is -0.0000000175. The minimum absolute atomic E-state index is 0. The summed E-state index contributed by atoms with van der Waals surface area (Å²) < 4.78 is 0. The number of hydrogen-bond donors (Lipinski definition) is 0. The Hall–Kier alpha value is 1.07. The van der Waals surface area contributed by atoms with Crippen LogP contribution in [-0.2, 0) is 33.6 Å². The fourth-order valence-corrected chi connectivity index (χ4v) is 0. The van der Waals surface area contributed by atoms with Crippen LogP contribution in [0.25, 0.3) is 0 Å². The van der Waals surface area contributed by atoms with Gasteiger partial charge in [-0.15, -0.1) is 0 Å². The molecule has 0 fully saturated rings. The van der Waals surface area contributed by atoms with Crippen LogP contribution in [0.4, 0.5) is 0 Å². The maximum atomic E-state index is 8.89. The third-order valence-electron chi connectivity index (χ3n) is 0. The number of carboxylic acids is 7. The summed E-state index contributed by atoms with van der Waals surface area (Å²) >= 11 is 0. The molecule has 14 nitrogen and oxygen atoms in total. The molecule has 0 aliphatic heterocycles. The first-order valence-corrected chi connectivity index (χ1v) is 6.36. The molecule has 0 rings (SSSR count). The van der Waals surface area contributed by atoms with Crippen LogP contribution in [0.15, 0.2) is 0 Å². The summed E-state index contributed by atoms with van der Waals surface area (Å²) in [5, 5.41) is 62.2. The van der Waals surface area contributed by atoms with Gasteiger partial charge in [0.25, 0.3) is 0 Å². The molecule has 0 aromatic rings. The second kappa shape index (κ2) is 63.6. The number of carboxylic acid groups (broad SMARTS) is 7. The molecule has 0 spiro atoms. The van der Waals surface area contributed by atoms with Crippen LogP contribution in [0, 0.1) is 0 Å². The van der Waals surface area contributed by atoms with Gasteiger partial charge in [-0.05, 0) is 48.5 Å². The predicted molar refractivity (Wildman–Crippen MR) is 92.0 cm³/mol. The van der Waals surface area contributed by atoms with E-state index in [2.05, 4.69) is 0 Å². The van der Waals surface area contributed by atoms with E-state index < -0.39 is 41.8 Å². The van der Waals surface area contributed by atoms with Gasteiger partial charge in [-0.1, -0.05) is 0 Å². The van der Waals surface area contributed by atoms with Gasteiger partial charge in [0.05, 0.1) is 0 Å². The van der Waals surface area contributed by atoms with Crippen molar-refractivity contribution in [1.82, 2.24) is 0 Å². The summed E-state index contributed by atoms with van der Waals surface area (Å²) in [7, 11) is 0. The molecule has 0 bridgehead atoms. The number of carbonyl (C=O) groups excluding carboxylic acids is 7. The Bertz CT molecular complexity index is 328. The summed E-state index contributed by atoms with van der Waals surface area (Å²) in [5.74, 6) is -7.58. The van der Waals surface area contributed by atoms with Crippen LogP contribution in [0.2, 0.25) is 0 Å². The van der Waals surface area contributed by atoms with Crippen molar-refractivity contribution in [3.63, 3.8) is 0 Å².